The molecular formula is C36H37BrN6O5. The van der Waals surface area contributed by atoms with E-state index in [1.165, 1.54) is 0 Å². The van der Waals surface area contributed by atoms with E-state index in [0.717, 1.165) is 32.5 Å². The van der Waals surface area contributed by atoms with Gasteiger partial charge in [-0.15, -0.1) is 0 Å². The lowest BCUT2D eigenvalue weighted by atomic mass is 9.81. The van der Waals surface area contributed by atoms with Crippen molar-refractivity contribution in [2.45, 2.75) is 37.5 Å². The fourth-order valence-corrected chi connectivity index (χ4v) is 6.01. The third-order valence-corrected chi connectivity index (χ3v) is 8.70. The maximum absolute atomic E-state index is 14.6. The molecule has 11 nitrogen and oxygen atoms in total. The lowest BCUT2D eigenvalue weighted by Gasteiger charge is -2.32. The second-order valence-corrected chi connectivity index (χ2v) is 12.0. The number of hydrogen-bond acceptors (Lipinski definition) is 8. The minimum atomic E-state index is -1.47. The number of aliphatic imine (C=N–C) groups is 1. The summed E-state index contributed by atoms with van der Waals surface area (Å²) >= 11 is 3.68. The Kier molecular flexibility index (Phi) is 12.1. The number of halogens is 1. The van der Waals surface area contributed by atoms with Gasteiger partial charge in [0.25, 0.3) is 5.91 Å². The molecule has 0 saturated carbocycles. The number of carbonyl (C=O) groups is 1. The van der Waals surface area contributed by atoms with Crippen molar-refractivity contribution in [1.29, 1.82) is 0 Å². The monoisotopic (exact) mass is 712 g/mol. The number of hydrazine groups is 1. The highest BCUT2D eigenvalue weighted by Crippen LogP contribution is 2.45. The van der Waals surface area contributed by atoms with Gasteiger partial charge < -0.3 is 19.3 Å². The van der Waals surface area contributed by atoms with Gasteiger partial charge in [0.15, 0.2) is 11.6 Å². The Balaban J connectivity index is 1.52. The van der Waals surface area contributed by atoms with Crippen LogP contribution in [0.5, 0.6) is 11.5 Å². The Hall–Kier alpha value is -4.87. The quantitative estimate of drug-likeness (QED) is 0.0403. The van der Waals surface area contributed by atoms with Gasteiger partial charge in [-0.25, -0.2) is 10.4 Å². The van der Waals surface area contributed by atoms with Crippen molar-refractivity contribution < 1.29 is 24.1 Å². The van der Waals surface area contributed by atoms with Crippen molar-refractivity contribution in [3.8, 4) is 11.5 Å². The molecule has 4 aromatic carbocycles. The van der Waals surface area contributed by atoms with Crippen molar-refractivity contribution in [3.05, 3.63) is 140 Å². The Bertz CT molecular complexity index is 1780. The van der Waals surface area contributed by atoms with Crippen LogP contribution in [0.2, 0.25) is 0 Å². The van der Waals surface area contributed by atoms with Crippen LogP contribution in [0, 0.1) is 0 Å². The van der Waals surface area contributed by atoms with Crippen LogP contribution in [0.4, 0.5) is 0 Å². The molecule has 48 heavy (non-hydrogen) atoms. The summed E-state index contributed by atoms with van der Waals surface area (Å²) in [5.41, 5.74) is 17.7. The minimum absolute atomic E-state index is 0.0468. The van der Waals surface area contributed by atoms with Crippen molar-refractivity contribution in [2.24, 2.45) is 10.1 Å². The van der Waals surface area contributed by atoms with E-state index in [2.05, 4.69) is 36.8 Å². The first-order chi connectivity index (χ1) is 23.5. The topological polar surface area (TPSA) is 150 Å². The first kappa shape index (κ1) is 34.5. The molecule has 1 amide bonds. The fraction of sp³-hybridized carbons (Fsp3) is 0.278. The number of carbonyl (C=O) groups excluding carboxylic acids is 1. The maximum Gasteiger partial charge on any atom is 0.266 e. The molecule has 12 heteroatoms. The zero-order valence-corrected chi connectivity index (χ0v) is 28.1. The van der Waals surface area contributed by atoms with Crippen LogP contribution < -0.4 is 20.3 Å². The Labute approximate surface area is 287 Å². The summed E-state index contributed by atoms with van der Waals surface area (Å²) in [7, 11) is 1.63. The number of hydrogen-bond donors (Lipinski definition) is 3. The first-order valence-electron chi connectivity index (χ1n) is 15.6. The largest absolute Gasteiger partial charge is 0.497 e. The van der Waals surface area contributed by atoms with Gasteiger partial charge in [-0.05, 0) is 71.1 Å². The summed E-state index contributed by atoms with van der Waals surface area (Å²) in [6.45, 7) is 1.02. The first-order valence-corrected chi connectivity index (χ1v) is 16.4. The van der Waals surface area contributed by atoms with Crippen LogP contribution in [-0.4, -0.2) is 49.3 Å². The van der Waals surface area contributed by atoms with Gasteiger partial charge >= 0.3 is 0 Å². The second-order valence-electron chi connectivity index (χ2n) is 11.1. The van der Waals surface area contributed by atoms with Crippen molar-refractivity contribution in [3.63, 3.8) is 0 Å². The van der Waals surface area contributed by atoms with Gasteiger partial charge in [0.1, 0.15) is 11.5 Å². The van der Waals surface area contributed by atoms with E-state index in [0.29, 0.717) is 43.2 Å². The lowest BCUT2D eigenvalue weighted by Crippen LogP contribution is -2.54. The summed E-state index contributed by atoms with van der Waals surface area (Å²) in [5.74, 6) is 1.33. The van der Waals surface area contributed by atoms with E-state index in [1.807, 2.05) is 84.9 Å². The Morgan fingerprint density at radius 2 is 1.81 bits per heavy atom. The van der Waals surface area contributed by atoms with Gasteiger partial charge in [-0.1, -0.05) is 75.6 Å². The van der Waals surface area contributed by atoms with Crippen LogP contribution in [-0.2, 0) is 28.9 Å². The average Bonchev–Trinajstić information content (AvgIpc) is 3.50. The highest BCUT2D eigenvalue weighted by molar-refractivity contribution is 9.10. The van der Waals surface area contributed by atoms with Crippen molar-refractivity contribution in [2.75, 3.05) is 26.9 Å². The van der Waals surface area contributed by atoms with Crippen LogP contribution >= 0.6 is 15.9 Å². The number of nitrogens with one attached hydrogen (secondary N) is 2. The fourth-order valence-electron chi connectivity index (χ4n) is 5.52. The highest BCUT2D eigenvalue weighted by Gasteiger charge is 2.54. The zero-order chi connectivity index (χ0) is 33.8. The van der Waals surface area contributed by atoms with Crippen LogP contribution in [0.1, 0.15) is 40.3 Å². The molecule has 248 valence electrons. The van der Waals surface area contributed by atoms with E-state index in [4.69, 9.17) is 29.8 Å². The third-order valence-electron chi connectivity index (χ3n) is 7.98. The number of azide groups is 1. The molecule has 1 heterocycles. The van der Waals surface area contributed by atoms with Crippen molar-refractivity contribution >= 4 is 27.7 Å². The molecule has 3 N–H and O–H groups in total. The molecule has 4 aromatic rings. The van der Waals surface area contributed by atoms with E-state index in [-0.39, 0.29) is 25.5 Å². The highest BCUT2D eigenvalue weighted by atomic mass is 79.9. The summed E-state index contributed by atoms with van der Waals surface area (Å²) < 4.78 is 18.5. The van der Waals surface area contributed by atoms with Crippen molar-refractivity contribution in [1.82, 2.24) is 10.9 Å². The molecule has 2 atom stereocenters. The number of methoxy groups -OCH3 is 1. The molecule has 0 aromatic heterocycles. The normalized spacial score (nSPS) is 16.7. The second kappa shape index (κ2) is 16.8. The molecule has 0 spiro atoms. The van der Waals surface area contributed by atoms with E-state index >= 15 is 0 Å². The standard InChI is InChI=1S/C36H37BrN6O5/c1-46-30-11-6-8-25(22-30)18-19-39-42-35(45)36(23-27-9-2-3-10-28(27)24-40-43-38)33(31-12-4-5-13-32(31)37)48-34(41-36)26-14-16-29(17-15-26)47-21-7-20-44/h2-6,8-17,22,33,39,44H,7,18-21,23-24H2,1H3,(H,42,45)/t33-,36-/m0/s1. The van der Waals surface area contributed by atoms with E-state index < -0.39 is 11.6 Å². The number of rotatable bonds is 16. The Morgan fingerprint density at radius 3 is 2.56 bits per heavy atom. The molecule has 0 saturated heterocycles. The number of aliphatic hydroxyl groups is 1. The van der Waals surface area contributed by atoms with Crippen LogP contribution in [0.15, 0.2) is 112 Å². The number of benzene rings is 4. The van der Waals surface area contributed by atoms with Gasteiger partial charge in [0, 0.05) is 46.5 Å². The molecule has 1 aliphatic heterocycles. The Morgan fingerprint density at radius 1 is 1.04 bits per heavy atom. The molecular weight excluding hydrogens is 676 g/mol. The van der Waals surface area contributed by atoms with E-state index in [1.54, 1.807) is 19.2 Å². The molecule has 0 unspecified atom stereocenters. The van der Waals surface area contributed by atoms with Crippen LogP contribution in [0.25, 0.3) is 10.4 Å². The van der Waals surface area contributed by atoms with Gasteiger partial charge in [0.05, 0.1) is 20.3 Å². The predicted molar refractivity (Wildman–Crippen MR) is 187 cm³/mol. The lowest BCUT2D eigenvalue weighted by molar-refractivity contribution is -0.130. The number of ether oxygens (including phenoxy) is 3. The van der Waals surface area contributed by atoms with Gasteiger partial charge in [-0.3, -0.25) is 10.2 Å². The minimum Gasteiger partial charge on any atom is -0.497 e. The molecule has 0 radical (unpaired) electrons. The molecule has 0 aliphatic carbocycles. The number of amides is 1. The molecule has 1 aliphatic rings. The zero-order valence-electron chi connectivity index (χ0n) is 26.5. The van der Waals surface area contributed by atoms with Crippen LogP contribution in [0.3, 0.4) is 0 Å². The van der Waals surface area contributed by atoms with Gasteiger partial charge in [0.2, 0.25) is 5.90 Å². The summed E-state index contributed by atoms with van der Waals surface area (Å²) in [5, 5.41) is 12.9. The predicted octanol–water partition coefficient (Wildman–Crippen LogP) is 6.39. The summed E-state index contributed by atoms with van der Waals surface area (Å²) in [6, 6.07) is 30.2. The SMILES string of the molecule is COc1cccc(CCNNC(=O)[C@@]2(Cc3ccccc3CN=[N+]=[N-])N=C(c3ccc(OCCCO)cc3)O[C@H]2c2ccccc2Br)c1. The number of aliphatic hydroxyl groups excluding tert-OH is 1. The van der Waals surface area contributed by atoms with E-state index in [9.17, 15) is 4.79 Å². The average molecular weight is 714 g/mol. The van der Waals surface area contributed by atoms with Gasteiger partial charge in [-0.2, -0.15) is 0 Å². The molecule has 0 fully saturated rings. The summed E-state index contributed by atoms with van der Waals surface area (Å²) in [4.78, 5) is 22.6. The maximum atomic E-state index is 14.6. The molecule has 5 rings (SSSR count). The smallest absolute Gasteiger partial charge is 0.266 e. The third kappa shape index (κ3) is 8.34. The summed E-state index contributed by atoms with van der Waals surface area (Å²) in [6.07, 6.45) is 0.504. The number of nitrogens with zero attached hydrogens (tertiary/aromatic N) is 4. The molecule has 0 bridgehead atoms.